The van der Waals surface area contributed by atoms with E-state index in [-0.39, 0.29) is 5.91 Å². The van der Waals surface area contributed by atoms with Gasteiger partial charge in [0.05, 0.1) is 6.54 Å². The number of rotatable bonds is 12. The minimum atomic E-state index is -0.0619. The van der Waals surface area contributed by atoms with Gasteiger partial charge in [0.15, 0.2) is 0 Å². The molecule has 4 N–H and O–H groups in total. The van der Waals surface area contributed by atoms with Gasteiger partial charge in [-0.2, -0.15) is 0 Å². The first-order valence-corrected chi connectivity index (χ1v) is 14.1. The molecule has 0 aliphatic carbocycles. The number of hydrogen-bond donors (Lipinski definition) is 4. The van der Waals surface area contributed by atoms with Crippen molar-refractivity contribution in [1.29, 1.82) is 0 Å². The second-order valence-electron chi connectivity index (χ2n) is 10.2. The number of carbonyl (C=O) groups excluding carboxylic acids is 1. The highest BCUT2D eigenvalue weighted by Crippen LogP contribution is 2.21. The SMILES string of the molecule is O=C(NCCc1ccccc1)c1ccc(NC(=CC2CCCCN2)N(Cc2ccccc2)Cc2ncc[nH]2)cc1. The zero-order chi connectivity index (χ0) is 27.4. The molecule has 1 fully saturated rings. The predicted octanol–water partition coefficient (Wildman–Crippen LogP) is 5.48. The van der Waals surface area contributed by atoms with Gasteiger partial charge in [-0.3, -0.25) is 4.79 Å². The van der Waals surface area contributed by atoms with Crippen molar-refractivity contribution in [2.45, 2.75) is 44.8 Å². The molecule has 7 heteroatoms. The molecule has 1 unspecified atom stereocenters. The van der Waals surface area contributed by atoms with Crippen LogP contribution in [-0.2, 0) is 19.5 Å². The Morgan fingerprint density at radius 1 is 0.925 bits per heavy atom. The summed E-state index contributed by atoms with van der Waals surface area (Å²) in [7, 11) is 0. The lowest BCUT2D eigenvalue weighted by atomic mass is 10.0. The second-order valence-corrected chi connectivity index (χ2v) is 10.2. The molecular formula is C33H38N6O. The van der Waals surface area contributed by atoms with Crippen molar-refractivity contribution in [3.63, 3.8) is 0 Å². The predicted molar refractivity (Wildman–Crippen MR) is 161 cm³/mol. The third-order valence-electron chi connectivity index (χ3n) is 7.12. The summed E-state index contributed by atoms with van der Waals surface area (Å²) in [6.45, 7) is 3.00. The summed E-state index contributed by atoms with van der Waals surface area (Å²) in [5, 5.41) is 10.3. The topological polar surface area (TPSA) is 85.1 Å². The van der Waals surface area contributed by atoms with Gasteiger partial charge in [-0.15, -0.1) is 0 Å². The Morgan fingerprint density at radius 3 is 2.35 bits per heavy atom. The van der Waals surface area contributed by atoms with E-state index < -0.39 is 0 Å². The van der Waals surface area contributed by atoms with Gasteiger partial charge in [-0.05, 0) is 67.3 Å². The molecule has 2 heterocycles. The summed E-state index contributed by atoms with van der Waals surface area (Å²) < 4.78 is 0. The molecule has 5 rings (SSSR count). The lowest BCUT2D eigenvalue weighted by Crippen LogP contribution is -2.35. The van der Waals surface area contributed by atoms with Crippen LogP contribution >= 0.6 is 0 Å². The van der Waals surface area contributed by atoms with Crippen LogP contribution in [0.2, 0.25) is 0 Å². The van der Waals surface area contributed by atoms with Crippen LogP contribution in [-0.4, -0.2) is 39.9 Å². The highest BCUT2D eigenvalue weighted by molar-refractivity contribution is 5.94. The van der Waals surface area contributed by atoms with Crippen LogP contribution in [0.25, 0.3) is 0 Å². The van der Waals surface area contributed by atoms with Gasteiger partial charge in [0.2, 0.25) is 0 Å². The first kappa shape index (κ1) is 27.2. The van der Waals surface area contributed by atoms with Gasteiger partial charge in [0.25, 0.3) is 5.91 Å². The van der Waals surface area contributed by atoms with Crippen LogP contribution in [0.4, 0.5) is 5.69 Å². The molecule has 7 nitrogen and oxygen atoms in total. The Morgan fingerprint density at radius 2 is 1.68 bits per heavy atom. The van der Waals surface area contributed by atoms with E-state index in [2.05, 4.69) is 73.3 Å². The molecule has 40 heavy (non-hydrogen) atoms. The Hall–Kier alpha value is -4.36. The highest BCUT2D eigenvalue weighted by atomic mass is 16.1. The van der Waals surface area contributed by atoms with Crippen molar-refractivity contribution < 1.29 is 4.79 Å². The Kier molecular flexibility index (Phi) is 9.63. The Labute approximate surface area is 236 Å². The van der Waals surface area contributed by atoms with E-state index >= 15 is 0 Å². The van der Waals surface area contributed by atoms with E-state index in [4.69, 9.17) is 0 Å². The molecule has 0 spiro atoms. The average molecular weight is 535 g/mol. The van der Waals surface area contributed by atoms with E-state index in [1.54, 1.807) is 6.20 Å². The summed E-state index contributed by atoms with van der Waals surface area (Å²) in [5.41, 5.74) is 4.01. The number of nitrogens with one attached hydrogen (secondary N) is 4. The van der Waals surface area contributed by atoms with Crippen LogP contribution in [0, 0.1) is 0 Å². The van der Waals surface area contributed by atoms with Crippen LogP contribution in [0.15, 0.2) is 109 Å². The van der Waals surface area contributed by atoms with Crippen molar-refractivity contribution >= 4 is 11.6 Å². The number of carbonyl (C=O) groups is 1. The first-order valence-electron chi connectivity index (χ1n) is 14.1. The van der Waals surface area contributed by atoms with Crippen molar-refractivity contribution in [2.24, 2.45) is 0 Å². The molecule has 206 valence electrons. The number of aromatic amines is 1. The smallest absolute Gasteiger partial charge is 0.251 e. The quantitative estimate of drug-likeness (QED) is 0.193. The molecule has 3 aromatic carbocycles. The number of imidazole rings is 1. The van der Waals surface area contributed by atoms with Gasteiger partial charge in [0, 0.05) is 42.8 Å². The first-order chi connectivity index (χ1) is 19.7. The summed E-state index contributed by atoms with van der Waals surface area (Å²) in [5.74, 6) is 1.86. The number of anilines is 1. The van der Waals surface area contributed by atoms with Gasteiger partial charge >= 0.3 is 0 Å². The fourth-order valence-corrected chi connectivity index (χ4v) is 4.95. The normalized spacial score (nSPS) is 15.4. The molecule has 1 atom stereocenters. The Bertz CT molecular complexity index is 1330. The number of benzene rings is 3. The summed E-state index contributed by atoms with van der Waals surface area (Å²) >= 11 is 0. The minimum absolute atomic E-state index is 0.0619. The molecule has 1 aromatic heterocycles. The molecule has 0 bridgehead atoms. The maximum atomic E-state index is 12.8. The zero-order valence-corrected chi connectivity index (χ0v) is 22.9. The van der Waals surface area contributed by atoms with Crippen LogP contribution in [0.3, 0.4) is 0 Å². The third kappa shape index (κ3) is 8.07. The van der Waals surface area contributed by atoms with E-state index in [1.807, 2.05) is 54.7 Å². The average Bonchev–Trinajstić information content (AvgIpc) is 3.52. The summed E-state index contributed by atoms with van der Waals surface area (Å²) in [6, 6.07) is 28.7. The zero-order valence-electron chi connectivity index (χ0n) is 22.9. The monoisotopic (exact) mass is 534 g/mol. The van der Waals surface area contributed by atoms with E-state index in [0.717, 1.165) is 43.3 Å². The molecule has 1 aliphatic heterocycles. The molecule has 1 saturated heterocycles. The van der Waals surface area contributed by atoms with Gasteiger partial charge in [0.1, 0.15) is 11.6 Å². The number of aromatic nitrogens is 2. The van der Waals surface area contributed by atoms with Crippen molar-refractivity contribution in [2.75, 3.05) is 18.4 Å². The van der Waals surface area contributed by atoms with Gasteiger partial charge in [-0.1, -0.05) is 67.1 Å². The van der Waals surface area contributed by atoms with Gasteiger partial charge < -0.3 is 25.8 Å². The van der Waals surface area contributed by atoms with Crippen molar-refractivity contribution in [3.05, 3.63) is 132 Å². The minimum Gasteiger partial charge on any atom is -0.352 e. The third-order valence-corrected chi connectivity index (χ3v) is 7.12. The fourth-order valence-electron chi connectivity index (χ4n) is 4.95. The van der Waals surface area contributed by atoms with E-state index in [1.165, 1.54) is 24.0 Å². The van der Waals surface area contributed by atoms with E-state index in [0.29, 0.717) is 24.7 Å². The highest BCUT2D eigenvalue weighted by Gasteiger charge is 2.18. The number of piperidine rings is 1. The molecule has 1 amide bonds. The lowest BCUT2D eigenvalue weighted by molar-refractivity contribution is 0.0954. The molecule has 4 aromatic rings. The van der Waals surface area contributed by atoms with Crippen LogP contribution in [0.5, 0.6) is 0 Å². The molecule has 1 aliphatic rings. The molecule has 0 radical (unpaired) electrons. The number of amides is 1. The maximum absolute atomic E-state index is 12.8. The fraction of sp³-hybridized carbons (Fsp3) is 0.273. The van der Waals surface area contributed by atoms with Crippen LogP contribution < -0.4 is 16.0 Å². The Balaban J connectivity index is 1.31. The number of hydrogen-bond acceptors (Lipinski definition) is 5. The summed E-state index contributed by atoms with van der Waals surface area (Å²) in [4.78, 5) is 22.8. The van der Waals surface area contributed by atoms with Crippen molar-refractivity contribution in [3.8, 4) is 0 Å². The number of H-pyrrole nitrogens is 1. The summed E-state index contributed by atoms with van der Waals surface area (Å²) in [6.07, 6.45) is 10.3. The van der Waals surface area contributed by atoms with E-state index in [9.17, 15) is 4.79 Å². The van der Waals surface area contributed by atoms with Gasteiger partial charge in [-0.25, -0.2) is 4.98 Å². The maximum Gasteiger partial charge on any atom is 0.251 e. The molecule has 0 saturated carbocycles. The molecular weight excluding hydrogens is 496 g/mol. The largest absolute Gasteiger partial charge is 0.352 e. The van der Waals surface area contributed by atoms with Crippen molar-refractivity contribution in [1.82, 2.24) is 25.5 Å². The number of nitrogens with zero attached hydrogens (tertiary/aromatic N) is 2. The second kappa shape index (κ2) is 14.1. The lowest BCUT2D eigenvalue weighted by Gasteiger charge is -2.30. The van der Waals surface area contributed by atoms with Crippen LogP contribution in [0.1, 0.15) is 46.6 Å². The standard InChI is InChI=1S/C33H38N6O/c40-33(37-20-18-26-9-3-1-4-10-26)28-14-16-29(17-15-28)38-32(23-30-13-7-8-19-34-30)39(25-31-35-21-22-36-31)24-27-11-5-2-6-12-27/h1-6,9-12,14-17,21-23,30,34,38H,7-8,13,18-20,24-25H2,(H,35,36)(H,37,40).